The molecule has 0 saturated heterocycles. The van der Waals surface area contributed by atoms with Crippen LogP contribution in [0.1, 0.15) is 5.01 Å². The molecule has 1 heterocycles. The molecule has 1 aromatic heterocycles. The molecule has 6 heteroatoms. The molecule has 0 saturated carbocycles. The van der Waals surface area contributed by atoms with E-state index in [1.165, 1.54) is 0 Å². The van der Waals surface area contributed by atoms with E-state index >= 15 is 0 Å². The lowest BCUT2D eigenvalue weighted by molar-refractivity contribution is 0.186. The monoisotopic (exact) mass is 219 g/mol. The van der Waals surface area contributed by atoms with Gasteiger partial charge in [-0.3, -0.25) is 0 Å². The zero-order valence-corrected chi connectivity index (χ0v) is 9.32. The van der Waals surface area contributed by atoms with Gasteiger partial charge in [-0.25, -0.2) is 0 Å². The molecule has 2 N–H and O–H groups in total. The van der Waals surface area contributed by atoms with Crippen LogP contribution in [-0.4, -0.2) is 35.7 Å². The van der Waals surface area contributed by atoms with Crippen molar-refractivity contribution in [2.24, 2.45) is 5.73 Å². The summed E-state index contributed by atoms with van der Waals surface area (Å²) in [5, 5.41) is 8.89. The van der Waals surface area contributed by atoms with Gasteiger partial charge in [0.2, 0.25) is 0 Å². The van der Waals surface area contributed by atoms with Gasteiger partial charge in [-0.05, 0) is 6.92 Å². The predicted molar refractivity (Wildman–Crippen MR) is 55.2 cm³/mol. The number of thioether (sulfide) groups is 1. The van der Waals surface area contributed by atoms with Crippen LogP contribution in [0.25, 0.3) is 0 Å². The van der Waals surface area contributed by atoms with Crippen molar-refractivity contribution in [2.75, 3.05) is 19.5 Å². The molecule has 0 bridgehead atoms. The Kier molecular flexibility index (Phi) is 4.65. The van der Waals surface area contributed by atoms with Crippen LogP contribution in [0.4, 0.5) is 0 Å². The summed E-state index contributed by atoms with van der Waals surface area (Å²) in [4.78, 5) is 0. The average molecular weight is 219 g/mol. The van der Waals surface area contributed by atoms with Crippen molar-refractivity contribution in [3.8, 4) is 0 Å². The van der Waals surface area contributed by atoms with Crippen LogP contribution >= 0.6 is 23.1 Å². The molecule has 0 aliphatic carbocycles. The number of ether oxygens (including phenoxy) is 1. The Hall–Kier alpha value is -0.170. The van der Waals surface area contributed by atoms with Crippen molar-refractivity contribution in [3.05, 3.63) is 5.01 Å². The fourth-order valence-electron chi connectivity index (χ4n) is 0.777. The van der Waals surface area contributed by atoms with Crippen LogP contribution < -0.4 is 5.73 Å². The van der Waals surface area contributed by atoms with Crippen molar-refractivity contribution in [1.82, 2.24) is 10.2 Å². The minimum atomic E-state index is 0.0687. The first-order valence-electron chi connectivity index (χ1n) is 3.90. The molecule has 1 atom stereocenters. The molecule has 13 heavy (non-hydrogen) atoms. The summed E-state index contributed by atoms with van der Waals surface area (Å²) >= 11 is 3.22. The maximum Gasteiger partial charge on any atom is 0.174 e. The van der Waals surface area contributed by atoms with Gasteiger partial charge in [0, 0.05) is 18.9 Å². The third-order valence-electron chi connectivity index (χ3n) is 1.31. The number of methoxy groups -OCH3 is 1. The van der Waals surface area contributed by atoms with E-state index < -0.39 is 0 Å². The van der Waals surface area contributed by atoms with E-state index in [2.05, 4.69) is 10.2 Å². The number of rotatable bonds is 5. The van der Waals surface area contributed by atoms with Gasteiger partial charge in [0.05, 0.1) is 6.61 Å². The molecular formula is C7H13N3OS2. The minimum absolute atomic E-state index is 0.0687. The molecule has 0 amide bonds. The molecule has 1 aromatic rings. The van der Waals surface area contributed by atoms with Crippen LogP contribution in [0.2, 0.25) is 0 Å². The molecule has 0 fully saturated rings. The smallest absolute Gasteiger partial charge is 0.174 e. The highest BCUT2D eigenvalue weighted by Crippen LogP contribution is 2.21. The lowest BCUT2D eigenvalue weighted by Gasteiger charge is -2.07. The van der Waals surface area contributed by atoms with E-state index in [9.17, 15) is 0 Å². The van der Waals surface area contributed by atoms with Gasteiger partial charge < -0.3 is 10.5 Å². The minimum Gasteiger partial charge on any atom is -0.383 e. The Morgan fingerprint density at radius 2 is 2.38 bits per heavy atom. The summed E-state index contributed by atoms with van der Waals surface area (Å²) < 4.78 is 5.90. The van der Waals surface area contributed by atoms with E-state index in [4.69, 9.17) is 10.5 Å². The van der Waals surface area contributed by atoms with Crippen molar-refractivity contribution < 1.29 is 4.74 Å². The summed E-state index contributed by atoms with van der Waals surface area (Å²) in [6, 6.07) is 0.0687. The molecule has 0 aliphatic heterocycles. The van der Waals surface area contributed by atoms with Gasteiger partial charge in [-0.15, -0.1) is 10.2 Å². The van der Waals surface area contributed by atoms with Crippen molar-refractivity contribution in [1.29, 1.82) is 0 Å². The van der Waals surface area contributed by atoms with Crippen LogP contribution in [0.5, 0.6) is 0 Å². The number of aromatic nitrogens is 2. The lowest BCUT2D eigenvalue weighted by Crippen LogP contribution is -2.27. The molecule has 0 aromatic carbocycles. The van der Waals surface area contributed by atoms with E-state index in [1.54, 1.807) is 30.2 Å². The standard InChI is InChI=1S/C7H13N3OS2/c1-5-9-10-7(13-5)12-4-6(8)3-11-2/h6H,3-4,8H2,1-2H3. The van der Waals surface area contributed by atoms with Crippen molar-refractivity contribution >= 4 is 23.1 Å². The number of nitrogens with two attached hydrogens (primary N) is 1. The topological polar surface area (TPSA) is 61.0 Å². The predicted octanol–water partition coefficient (Wildman–Crippen LogP) is 0.912. The SMILES string of the molecule is COCC(N)CSc1nnc(C)s1. The molecular weight excluding hydrogens is 206 g/mol. The molecule has 0 aliphatic rings. The van der Waals surface area contributed by atoms with Crippen LogP contribution in [0, 0.1) is 6.92 Å². The van der Waals surface area contributed by atoms with Gasteiger partial charge in [0.25, 0.3) is 0 Å². The molecule has 1 unspecified atom stereocenters. The van der Waals surface area contributed by atoms with Gasteiger partial charge in [0.1, 0.15) is 5.01 Å². The Balaban J connectivity index is 2.26. The lowest BCUT2D eigenvalue weighted by atomic mass is 10.4. The fraction of sp³-hybridized carbons (Fsp3) is 0.714. The first-order valence-corrected chi connectivity index (χ1v) is 5.70. The number of hydrogen-bond donors (Lipinski definition) is 1. The highest BCUT2D eigenvalue weighted by atomic mass is 32.2. The van der Waals surface area contributed by atoms with Gasteiger partial charge >= 0.3 is 0 Å². The third-order valence-corrected chi connectivity index (χ3v) is 3.47. The maximum atomic E-state index is 5.75. The second kappa shape index (κ2) is 5.54. The normalized spacial score (nSPS) is 13.2. The van der Waals surface area contributed by atoms with Crippen molar-refractivity contribution in [2.45, 2.75) is 17.3 Å². The number of hydrogen-bond acceptors (Lipinski definition) is 6. The Morgan fingerprint density at radius 1 is 1.62 bits per heavy atom. The molecule has 1 rings (SSSR count). The summed E-state index contributed by atoms with van der Waals surface area (Å²) in [6.07, 6.45) is 0. The van der Waals surface area contributed by atoms with Crippen LogP contribution in [0.3, 0.4) is 0 Å². The molecule has 74 valence electrons. The maximum absolute atomic E-state index is 5.75. The van der Waals surface area contributed by atoms with E-state index in [0.717, 1.165) is 15.1 Å². The molecule has 4 nitrogen and oxygen atoms in total. The summed E-state index contributed by atoms with van der Waals surface area (Å²) in [6.45, 7) is 2.53. The van der Waals surface area contributed by atoms with Crippen LogP contribution in [-0.2, 0) is 4.74 Å². The van der Waals surface area contributed by atoms with E-state index in [1.807, 2.05) is 6.92 Å². The Bertz CT molecular complexity index is 254. The van der Waals surface area contributed by atoms with E-state index in [-0.39, 0.29) is 6.04 Å². The highest BCUT2D eigenvalue weighted by molar-refractivity contribution is 8.01. The number of aryl methyl sites for hydroxylation is 1. The zero-order valence-electron chi connectivity index (χ0n) is 7.69. The Morgan fingerprint density at radius 3 is 2.92 bits per heavy atom. The Labute approximate surface area is 85.9 Å². The quantitative estimate of drug-likeness (QED) is 0.746. The zero-order chi connectivity index (χ0) is 9.68. The second-order valence-corrected chi connectivity index (χ2v) is 5.06. The molecule has 0 radical (unpaired) electrons. The third kappa shape index (κ3) is 4.04. The molecule has 0 spiro atoms. The van der Waals surface area contributed by atoms with Gasteiger partial charge in [0.15, 0.2) is 4.34 Å². The fourth-order valence-corrected chi connectivity index (χ4v) is 2.55. The van der Waals surface area contributed by atoms with E-state index in [0.29, 0.717) is 6.61 Å². The van der Waals surface area contributed by atoms with Crippen molar-refractivity contribution in [3.63, 3.8) is 0 Å². The number of nitrogens with zero attached hydrogens (tertiary/aromatic N) is 2. The summed E-state index contributed by atoms with van der Waals surface area (Å²) in [5.74, 6) is 0.822. The van der Waals surface area contributed by atoms with Gasteiger partial charge in [-0.2, -0.15) is 0 Å². The summed E-state index contributed by atoms with van der Waals surface area (Å²) in [7, 11) is 1.65. The van der Waals surface area contributed by atoms with Gasteiger partial charge in [-0.1, -0.05) is 23.1 Å². The van der Waals surface area contributed by atoms with Crippen LogP contribution in [0.15, 0.2) is 4.34 Å². The first kappa shape index (κ1) is 10.9. The second-order valence-electron chi connectivity index (χ2n) is 2.61. The first-order chi connectivity index (χ1) is 6.22. The largest absolute Gasteiger partial charge is 0.383 e. The highest BCUT2D eigenvalue weighted by Gasteiger charge is 2.05. The summed E-state index contributed by atoms with van der Waals surface area (Å²) in [5.41, 5.74) is 5.75. The average Bonchev–Trinajstić information content (AvgIpc) is 2.49.